The highest BCUT2D eigenvalue weighted by molar-refractivity contribution is 5.80. The van der Waals surface area contributed by atoms with E-state index in [2.05, 4.69) is 23.5 Å². The maximum Gasteiger partial charge on any atom is 0.320 e. The van der Waals surface area contributed by atoms with E-state index in [0.717, 1.165) is 24.8 Å². The molecule has 1 aliphatic carbocycles. The number of carboxylic acid groups (broad SMARTS) is 1. The molecule has 2 aliphatic rings. The standard InChI is InChI=1S/C19H26N2O3/c1-13(15-9-8-14-5-2-3-6-16(14)11-15)20-18(22)12-21-10-4-7-17(21)19(23)24/h8-9,11,13,17H,2-7,10,12H2,1H3,(H,20,22)(H,23,24)/t13-,17-/m0/s1. The lowest BCUT2D eigenvalue weighted by molar-refractivity contribution is -0.142. The number of hydrogen-bond donors (Lipinski definition) is 2. The number of aliphatic carboxylic acids is 1. The van der Waals surface area contributed by atoms with Gasteiger partial charge in [-0.2, -0.15) is 0 Å². The van der Waals surface area contributed by atoms with E-state index in [1.165, 1.54) is 24.0 Å². The molecule has 5 nitrogen and oxygen atoms in total. The molecule has 1 fully saturated rings. The molecule has 3 rings (SSSR count). The quantitative estimate of drug-likeness (QED) is 0.869. The van der Waals surface area contributed by atoms with Crippen molar-refractivity contribution in [1.82, 2.24) is 10.2 Å². The van der Waals surface area contributed by atoms with Gasteiger partial charge in [0.05, 0.1) is 12.6 Å². The summed E-state index contributed by atoms with van der Waals surface area (Å²) in [5.41, 5.74) is 3.97. The average Bonchev–Trinajstić information content (AvgIpc) is 3.02. The minimum absolute atomic E-state index is 0.0596. The van der Waals surface area contributed by atoms with Gasteiger partial charge >= 0.3 is 5.97 Å². The summed E-state index contributed by atoms with van der Waals surface area (Å²) in [6.45, 7) is 2.82. The predicted octanol–water partition coefficient (Wildman–Crippen LogP) is 2.29. The van der Waals surface area contributed by atoms with E-state index in [-0.39, 0.29) is 18.5 Å². The Hall–Kier alpha value is -1.88. The van der Waals surface area contributed by atoms with E-state index in [0.29, 0.717) is 13.0 Å². The van der Waals surface area contributed by atoms with Crippen molar-refractivity contribution in [3.8, 4) is 0 Å². The minimum atomic E-state index is -0.831. The Balaban J connectivity index is 1.59. The fourth-order valence-electron chi connectivity index (χ4n) is 3.87. The van der Waals surface area contributed by atoms with Crippen molar-refractivity contribution in [2.75, 3.05) is 13.1 Å². The molecule has 0 aromatic heterocycles. The van der Waals surface area contributed by atoms with Crippen LogP contribution in [0.15, 0.2) is 18.2 Å². The van der Waals surface area contributed by atoms with Gasteiger partial charge in [0.25, 0.3) is 0 Å². The molecule has 1 saturated heterocycles. The molecular formula is C19H26N2O3. The molecule has 1 aromatic carbocycles. The number of likely N-dealkylation sites (tertiary alicyclic amines) is 1. The molecule has 0 unspecified atom stereocenters. The van der Waals surface area contributed by atoms with E-state index in [4.69, 9.17) is 0 Å². The first-order valence-electron chi connectivity index (χ1n) is 8.92. The Morgan fingerprint density at radius 1 is 1.25 bits per heavy atom. The van der Waals surface area contributed by atoms with Gasteiger partial charge in [-0.1, -0.05) is 18.2 Å². The van der Waals surface area contributed by atoms with E-state index < -0.39 is 12.0 Å². The SMILES string of the molecule is C[C@H](NC(=O)CN1CCC[C@H]1C(=O)O)c1ccc2c(c1)CCCC2. The zero-order valence-electron chi connectivity index (χ0n) is 14.3. The van der Waals surface area contributed by atoms with E-state index in [1.54, 1.807) is 4.90 Å². The maximum absolute atomic E-state index is 12.3. The number of nitrogens with zero attached hydrogens (tertiary/aromatic N) is 1. The third-order valence-corrected chi connectivity index (χ3v) is 5.25. The van der Waals surface area contributed by atoms with Crippen LogP contribution in [0.3, 0.4) is 0 Å². The lowest BCUT2D eigenvalue weighted by atomic mass is 9.89. The monoisotopic (exact) mass is 330 g/mol. The molecule has 0 bridgehead atoms. The number of amides is 1. The number of aryl methyl sites for hydroxylation is 2. The van der Waals surface area contributed by atoms with Gasteiger partial charge < -0.3 is 10.4 Å². The maximum atomic E-state index is 12.3. The van der Waals surface area contributed by atoms with Crippen molar-refractivity contribution in [3.63, 3.8) is 0 Å². The Morgan fingerprint density at radius 2 is 2.00 bits per heavy atom. The van der Waals surface area contributed by atoms with Crippen LogP contribution in [-0.2, 0) is 22.4 Å². The molecule has 1 heterocycles. The van der Waals surface area contributed by atoms with Gasteiger partial charge in [0.2, 0.25) is 5.91 Å². The zero-order valence-corrected chi connectivity index (χ0v) is 14.3. The first-order chi connectivity index (χ1) is 11.5. The highest BCUT2D eigenvalue weighted by Crippen LogP contribution is 2.25. The summed E-state index contributed by atoms with van der Waals surface area (Å²) < 4.78 is 0. The highest BCUT2D eigenvalue weighted by Gasteiger charge is 2.31. The van der Waals surface area contributed by atoms with Gasteiger partial charge in [0, 0.05) is 0 Å². The van der Waals surface area contributed by atoms with Crippen molar-refractivity contribution in [1.29, 1.82) is 0 Å². The molecule has 0 saturated carbocycles. The average molecular weight is 330 g/mol. The molecule has 24 heavy (non-hydrogen) atoms. The lowest BCUT2D eigenvalue weighted by Gasteiger charge is -2.23. The third-order valence-electron chi connectivity index (χ3n) is 5.25. The summed E-state index contributed by atoms with van der Waals surface area (Å²) in [4.78, 5) is 25.3. The summed E-state index contributed by atoms with van der Waals surface area (Å²) in [6.07, 6.45) is 6.25. The van der Waals surface area contributed by atoms with Gasteiger partial charge in [-0.25, -0.2) is 0 Å². The molecule has 2 atom stereocenters. The second kappa shape index (κ2) is 7.34. The van der Waals surface area contributed by atoms with Crippen LogP contribution in [0.2, 0.25) is 0 Å². The molecule has 0 spiro atoms. The zero-order chi connectivity index (χ0) is 17.1. The predicted molar refractivity (Wildman–Crippen MR) is 91.9 cm³/mol. The second-order valence-electron chi connectivity index (χ2n) is 6.99. The number of carbonyl (C=O) groups excluding carboxylic acids is 1. The van der Waals surface area contributed by atoms with Gasteiger partial charge in [-0.15, -0.1) is 0 Å². The molecule has 1 amide bonds. The number of carboxylic acids is 1. The van der Waals surface area contributed by atoms with Crippen molar-refractivity contribution in [2.24, 2.45) is 0 Å². The van der Waals surface area contributed by atoms with E-state index in [1.807, 2.05) is 6.92 Å². The van der Waals surface area contributed by atoms with Gasteiger partial charge in [0.1, 0.15) is 6.04 Å². The lowest BCUT2D eigenvalue weighted by Crippen LogP contribution is -2.43. The van der Waals surface area contributed by atoms with Crippen LogP contribution in [0.5, 0.6) is 0 Å². The summed E-state index contributed by atoms with van der Waals surface area (Å²) in [6, 6.07) is 5.93. The second-order valence-corrected chi connectivity index (χ2v) is 6.99. The topological polar surface area (TPSA) is 69.6 Å². The van der Waals surface area contributed by atoms with Crippen LogP contribution in [0.1, 0.15) is 55.3 Å². The van der Waals surface area contributed by atoms with Gasteiger partial charge in [-0.05, 0) is 68.7 Å². The Morgan fingerprint density at radius 3 is 2.75 bits per heavy atom. The molecule has 1 aromatic rings. The number of rotatable bonds is 5. The minimum Gasteiger partial charge on any atom is -0.480 e. The molecule has 0 radical (unpaired) electrons. The summed E-state index contributed by atoms with van der Waals surface area (Å²) >= 11 is 0. The van der Waals surface area contributed by atoms with Crippen LogP contribution >= 0.6 is 0 Å². The first-order valence-corrected chi connectivity index (χ1v) is 8.92. The van der Waals surface area contributed by atoms with Crippen molar-refractivity contribution >= 4 is 11.9 Å². The van der Waals surface area contributed by atoms with Crippen LogP contribution in [0.4, 0.5) is 0 Å². The number of fused-ring (bicyclic) bond motifs is 1. The molecular weight excluding hydrogens is 304 g/mol. The summed E-state index contributed by atoms with van der Waals surface area (Å²) in [7, 11) is 0. The molecule has 1 aliphatic heterocycles. The molecule has 5 heteroatoms. The van der Waals surface area contributed by atoms with Gasteiger partial charge in [-0.3, -0.25) is 14.5 Å². The van der Waals surface area contributed by atoms with Crippen molar-refractivity contribution in [2.45, 2.75) is 57.5 Å². The van der Waals surface area contributed by atoms with Crippen LogP contribution in [0, 0.1) is 0 Å². The number of carbonyl (C=O) groups is 2. The largest absolute Gasteiger partial charge is 0.480 e. The number of hydrogen-bond acceptors (Lipinski definition) is 3. The van der Waals surface area contributed by atoms with Gasteiger partial charge in [0.15, 0.2) is 0 Å². The number of nitrogens with one attached hydrogen (secondary N) is 1. The van der Waals surface area contributed by atoms with Crippen LogP contribution in [0.25, 0.3) is 0 Å². The fourth-order valence-corrected chi connectivity index (χ4v) is 3.87. The molecule has 130 valence electrons. The Kier molecular flexibility index (Phi) is 5.19. The van der Waals surface area contributed by atoms with Crippen LogP contribution in [-0.4, -0.2) is 41.0 Å². The Labute approximate surface area is 143 Å². The van der Waals surface area contributed by atoms with Crippen LogP contribution < -0.4 is 5.32 Å². The Bertz CT molecular complexity index is 629. The third kappa shape index (κ3) is 3.78. The molecule has 2 N–H and O–H groups in total. The first kappa shape index (κ1) is 17.0. The number of benzene rings is 1. The summed E-state index contributed by atoms with van der Waals surface area (Å²) in [5.74, 6) is -0.934. The van der Waals surface area contributed by atoms with E-state index >= 15 is 0 Å². The fraction of sp³-hybridized carbons (Fsp3) is 0.579. The highest BCUT2D eigenvalue weighted by atomic mass is 16.4. The van der Waals surface area contributed by atoms with E-state index in [9.17, 15) is 14.7 Å². The normalized spacial score (nSPS) is 22.0. The smallest absolute Gasteiger partial charge is 0.320 e. The van der Waals surface area contributed by atoms with Crippen molar-refractivity contribution in [3.05, 3.63) is 34.9 Å². The van der Waals surface area contributed by atoms with Crippen molar-refractivity contribution < 1.29 is 14.7 Å². The summed E-state index contributed by atoms with van der Waals surface area (Å²) in [5, 5.41) is 12.2.